The number of carbonyl (C=O) groups excluding carboxylic acids is 3. The number of carbonyl (C=O) groups is 3. The van der Waals surface area contributed by atoms with Crippen molar-refractivity contribution >= 4 is 34.9 Å². The van der Waals surface area contributed by atoms with Gasteiger partial charge in [-0.15, -0.1) is 0 Å². The number of Topliss-reactive ketones (excluding diaryl/α,β-unsaturated/α-hetero) is 1. The quantitative estimate of drug-likeness (QED) is 0.597. The second-order valence-corrected chi connectivity index (χ2v) is 6.96. The van der Waals surface area contributed by atoms with E-state index in [4.69, 9.17) is 11.6 Å². The maximum Gasteiger partial charge on any atom is 0.239 e. The van der Waals surface area contributed by atoms with Crippen LogP contribution in [0.25, 0.3) is 0 Å². The number of hydrogen-bond acceptors (Lipinski definition) is 3. The summed E-state index contributed by atoms with van der Waals surface area (Å²) in [7, 11) is 0. The molecule has 0 aromatic heterocycles. The molecule has 0 atom stereocenters. The number of amides is 2. The molecule has 2 N–H and O–H groups in total. The highest BCUT2D eigenvalue weighted by molar-refractivity contribution is 6.30. The molecular formula is C20H21ClN2O3. The Bertz CT molecular complexity index is 829. The van der Waals surface area contributed by atoms with Crippen molar-refractivity contribution in [2.75, 3.05) is 5.32 Å². The summed E-state index contributed by atoms with van der Waals surface area (Å²) in [4.78, 5) is 36.4. The van der Waals surface area contributed by atoms with Crippen LogP contribution in [0.5, 0.6) is 0 Å². The fourth-order valence-corrected chi connectivity index (χ4v) is 2.34. The third-order valence-electron chi connectivity index (χ3n) is 4.03. The maximum atomic E-state index is 12.5. The minimum atomic E-state index is -1.28. The van der Waals surface area contributed by atoms with Gasteiger partial charge in [-0.1, -0.05) is 35.9 Å². The van der Waals surface area contributed by atoms with Crippen molar-refractivity contribution in [3.63, 3.8) is 0 Å². The lowest BCUT2D eigenvalue weighted by molar-refractivity contribution is -0.138. The molecule has 5 nitrogen and oxygen atoms in total. The molecule has 2 aromatic rings. The first-order valence-electron chi connectivity index (χ1n) is 8.15. The molecule has 0 bridgehead atoms. The Morgan fingerprint density at radius 3 is 2.27 bits per heavy atom. The highest BCUT2D eigenvalue weighted by atomic mass is 35.5. The van der Waals surface area contributed by atoms with E-state index in [1.807, 2.05) is 12.1 Å². The standard InChI is InChI=1S/C20H21ClN2O3/c1-13(24)15-5-4-6-17(11-15)23-19(26)20(2,3)18(25)22-12-14-7-9-16(21)10-8-14/h4-11H,12H2,1-3H3,(H,22,25)(H,23,26). The van der Waals surface area contributed by atoms with Gasteiger partial charge < -0.3 is 10.6 Å². The first kappa shape index (κ1) is 19.7. The third kappa shape index (κ3) is 4.92. The van der Waals surface area contributed by atoms with Crippen LogP contribution >= 0.6 is 11.6 Å². The van der Waals surface area contributed by atoms with Gasteiger partial charge in [0, 0.05) is 22.8 Å². The molecular weight excluding hydrogens is 352 g/mol. The molecule has 0 radical (unpaired) electrons. The van der Waals surface area contributed by atoms with Gasteiger partial charge in [0.25, 0.3) is 0 Å². The minimum absolute atomic E-state index is 0.0962. The Kier molecular flexibility index (Phi) is 6.16. The number of halogens is 1. The van der Waals surface area contributed by atoms with E-state index in [0.29, 0.717) is 22.8 Å². The first-order chi connectivity index (χ1) is 12.2. The highest BCUT2D eigenvalue weighted by Gasteiger charge is 2.36. The van der Waals surface area contributed by atoms with Crippen molar-refractivity contribution < 1.29 is 14.4 Å². The molecule has 2 rings (SSSR count). The lowest BCUT2D eigenvalue weighted by Crippen LogP contribution is -2.44. The number of ketones is 1. The van der Waals surface area contributed by atoms with E-state index in [1.54, 1.807) is 50.2 Å². The van der Waals surface area contributed by atoms with Crippen molar-refractivity contribution in [1.82, 2.24) is 5.32 Å². The molecule has 0 saturated heterocycles. The van der Waals surface area contributed by atoms with Gasteiger partial charge in [-0.2, -0.15) is 0 Å². The second kappa shape index (κ2) is 8.15. The average molecular weight is 373 g/mol. The van der Waals surface area contributed by atoms with Crippen LogP contribution < -0.4 is 10.6 Å². The van der Waals surface area contributed by atoms with Gasteiger partial charge in [0.2, 0.25) is 11.8 Å². The number of hydrogen-bond donors (Lipinski definition) is 2. The Labute approximate surface area is 157 Å². The van der Waals surface area contributed by atoms with E-state index in [0.717, 1.165) is 5.56 Å². The number of nitrogens with one attached hydrogen (secondary N) is 2. The van der Waals surface area contributed by atoms with Gasteiger partial charge in [-0.25, -0.2) is 0 Å². The summed E-state index contributed by atoms with van der Waals surface area (Å²) in [6.07, 6.45) is 0. The van der Waals surface area contributed by atoms with Crippen LogP contribution in [0.2, 0.25) is 5.02 Å². The van der Waals surface area contributed by atoms with Crippen LogP contribution in [0.3, 0.4) is 0 Å². The number of anilines is 1. The topological polar surface area (TPSA) is 75.3 Å². The largest absolute Gasteiger partial charge is 0.351 e. The van der Waals surface area contributed by atoms with Crippen LogP contribution in [-0.4, -0.2) is 17.6 Å². The first-order valence-corrected chi connectivity index (χ1v) is 8.53. The molecule has 0 saturated carbocycles. The molecule has 0 fully saturated rings. The molecule has 0 heterocycles. The molecule has 0 aliphatic carbocycles. The Hall–Kier alpha value is -2.66. The van der Waals surface area contributed by atoms with Gasteiger partial charge in [-0.3, -0.25) is 14.4 Å². The summed E-state index contributed by atoms with van der Waals surface area (Å²) in [5.74, 6) is -0.944. The van der Waals surface area contributed by atoms with Gasteiger partial charge in [-0.05, 0) is 50.6 Å². The van der Waals surface area contributed by atoms with Gasteiger partial charge in [0.1, 0.15) is 5.41 Å². The zero-order chi connectivity index (χ0) is 19.3. The van der Waals surface area contributed by atoms with E-state index in [9.17, 15) is 14.4 Å². The van der Waals surface area contributed by atoms with E-state index < -0.39 is 17.2 Å². The Balaban J connectivity index is 2.01. The van der Waals surface area contributed by atoms with Crippen molar-refractivity contribution in [1.29, 1.82) is 0 Å². The monoisotopic (exact) mass is 372 g/mol. The van der Waals surface area contributed by atoms with Crippen LogP contribution in [0, 0.1) is 5.41 Å². The molecule has 2 amide bonds. The zero-order valence-electron chi connectivity index (χ0n) is 14.9. The summed E-state index contributed by atoms with van der Waals surface area (Å²) < 4.78 is 0. The van der Waals surface area contributed by atoms with Crippen LogP contribution in [0.4, 0.5) is 5.69 Å². The number of benzene rings is 2. The van der Waals surface area contributed by atoms with Crippen molar-refractivity contribution in [2.45, 2.75) is 27.3 Å². The molecule has 0 aliphatic rings. The fraction of sp³-hybridized carbons (Fsp3) is 0.250. The molecule has 6 heteroatoms. The van der Waals surface area contributed by atoms with Crippen LogP contribution in [0.1, 0.15) is 36.7 Å². The molecule has 26 heavy (non-hydrogen) atoms. The summed E-state index contributed by atoms with van der Waals surface area (Å²) in [6.45, 7) is 4.85. The van der Waals surface area contributed by atoms with Crippen molar-refractivity contribution in [3.05, 3.63) is 64.7 Å². The van der Waals surface area contributed by atoms with E-state index in [1.165, 1.54) is 6.92 Å². The van der Waals surface area contributed by atoms with Crippen molar-refractivity contribution in [3.8, 4) is 0 Å². The molecule has 0 aliphatic heterocycles. The highest BCUT2D eigenvalue weighted by Crippen LogP contribution is 2.20. The summed E-state index contributed by atoms with van der Waals surface area (Å²) in [5.41, 5.74) is 0.570. The van der Waals surface area contributed by atoms with Crippen LogP contribution in [0.15, 0.2) is 48.5 Å². The number of rotatable bonds is 6. The predicted octanol–water partition coefficient (Wildman–Crippen LogP) is 3.82. The summed E-state index contributed by atoms with van der Waals surface area (Å²) >= 11 is 5.83. The Morgan fingerprint density at radius 2 is 1.65 bits per heavy atom. The minimum Gasteiger partial charge on any atom is -0.351 e. The maximum absolute atomic E-state index is 12.5. The fourth-order valence-electron chi connectivity index (χ4n) is 2.21. The zero-order valence-corrected chi connectivity index (χ0v) is 15.7. The van der Waals surface area contributed by atoms with E-state index >= 15 is 0 Å². The predicted molar refractivity (Wildman–Crippen MR) is 102 cm³/mol. The normalized spacial score (nSPS) is 10.9. The van der Waals surface area contributed by atoms with Gasteiger partial charge >= 0.3 is 0 Å². The molecule has 0 unspecified atom stereocenters. The van der Waals surface area contributed by atoms with E-state index in [-0.39, 0.29) is 5.78 Å². The molecule has 0 spiro atoms. The SMILES string of the molecule is CC(=O)c1cccc(NC(=O)C(C)(C)C(=O)NCc2ccc(Cl)cc2)c1. The van der Waals surface area contributed by atoms with E-state index in [2.05, 4.69) is 10.6 Å². The second-order valence-electron chi connectivity index (χ2n) is 6.53. The lowest BCUT2D eigenvalue weighted by Gasteiger charge is -2.23. The molecule has 136 valence electrons. The lowest BCUT2D eigenvalue weighted by atomic mass is 9.90. The Morgan fingerprint density at radius 1 is 1.00 bits per heavy atom. The van der Waals surface area contributed by atoms with Gasteiger partial charge in [0.05, 0.1) is 0 Å². The third-order valence-corrected chi connectivity index (χ3v) is 4.28. The average Bonchev–Trinajstić information content (AvgIpc) is 2.61. The molecule has 2 aromatic carbocycles. The van der Waals surface area contributed by atoms with Gasteiger partial charge in [0.15, 0.2) is 5.78 Å². The summed E-state index contributed by atoms with van der Waals surface area (Å²) in [6, 6.07) is 13.7. The van der Waals surface area contributed by atoms with Crippen molar-refractivity contribution in [2.24, 2.45) is 5.41 Å². The summed E-state index contributed by atoms with van der Waals surface area (Å²) in [5, 5.41) is 6.07. The smallest absolute Gasteiger partial charge is 0.239 e. The van der Waals surface area contributed by atoms with Crippen LogP contribution in [-0.2, 0) is 16.1 Å².